The minimum atomic E-state index is 0.550. The van der Waals surface area contributed by atoms with Crippen molar-refractivity contribution < 1.29 is 0 Å². The van der Waals surface area contributed by atoms with Gasteiger partial charge in [-0.25, -0.2) is 4.98 Å². The monoisotopic (exact) mass is 149 g/mol. The molecule has 58 valence electrons. The van der Waals surface area contributed by atoms with Gasteiger partial charge in [0.05, 0.1) is 6.04 Å². The number of hydrogen-bond acceptors (Lipinski definition) is 2. The largest absolute Gasteiger partial charge is 0.327 e. The zero-order chi connectivity index (χ0) is 7.42. The molecule has 2 aliphatic heterocycles. The molecule has 0 aromatic carbocycles. The molecule has 2 unspecified atom stereocenters. The summed E-state index contributed by atoms with van der Waals surface area (Å²) in [7, 11) is 0. The molecule has 1 aromatic heterocycles. The molecule has 1 saturated heterocycles. The van der Waals surface area contributed by atoms with E-state index in [0.29, 0.717) is 12.1 Å². The van der Waals surface area contributed by atoms with Gasteiger partial charge in [-0.05, 0) is 13.3 Å². The fourth-order valence-corrected chi connectivity index (χ4v) is 2.31. The van der Waals surface area contributed by atoms with Gasteiger partial charge in [-0.15, -0.1) is 0 Å². The fraction of sp³-hybridized carbons (Fsp3) is 0.625. The summed E-state index contributed by atoms with van der Waals surface area (Å²) in [5.41, 5.74) is 1.31. The lowest BCUT2D eigenvalue weighted by atomic mass is 10.2. The molecule has 0 saturated carbocycles. The lowest BCUT2D eigenvalue weighted by Gasteiger charge is -2.15. The SMILES string of the molecule is Cc1cnc2n1C1CNC2C1. The first kappa shape index (κ1) is 5.77. The van der Waals surface area contributed by atoms with Gasteiger partial charge in [0, 0.05) is 24.5 Å². The zero-order valence-electron chi connectivity index (χ0n) is 6.54. The van der Waals surface area contributed by atoms with Crippen molar-refractivity contribution in [2.75, 3.05) is 6.54 Å². The van der Waals surface area contributed by atoms with Crippen molar-refractivity contribution in [1.29, 1.82) is 0 Å². The number of aromatic nitrogens is 2. The third-order valence-electron chi connectivity index (χ3n) is 2.79. The predicted molar refractivity (Wildman–Crippen MR) is 41.4 cm³/mol. The molecule has 2 atom stereocenters. The summed E-state index contributed by atoms with van der Waals surface area (Å²) in [6.07, 6.45) is 3.23. The lowest BCUT2D eigenvalue weighted by Crippen LogP contribution is -2.24. The van der Waals surface area contributed by atoms with Gasteiger partial charge < -0.3 is 9.88 Å². The average Bonchev–Trinajstić information content (AvgIpc) is 2.60. The Hall–Kier alpha value is -0.830. The predicted octanol–water partition coefficient (Wildman–Crippen LogP) is 0.781. The minimum absolute atomic E-state index is 0.550. The molecule has 1 aromatic rings. The molecular formula is C8H11N3. The van der Waals surface area contributed by atoms with E-state index in [4.69, 9.17) is 0 Å². The molecule has 2 aliphatic rings. The van der Waals surface area contributed by atoms with Gasteiger partial charge in [0.15, 0.2) is 0 Å². The van der Waals surface area contributed by atoms with E-state index in [1.54, 1.807) is 0 Å². The number of imidazole rings is 1. The summed E-state index contributed by atoms with van der Waals surface area (Å²) in [4.78, 5) is 4.38. The van der Waals surface area contributed by atoms with E-state index in [2.05, 4.69) is 21.8 Å². The van der Waals surface area contributed by atoms with E-state index in [1.165, 1.54) is 17.9 Å². The van der Waals surface area contributed by atoms with Crippen LogP contribution in [0.5, 0.6) is 0 Å². The Morgan fingerprint density at radius 3 is 3.45 bits per heavy atom. The average molecular weight is 149 g/mol. The van der Waals surface area contributed by atoms with E-state index in [-0.39, 0.29) is 0 Å². The van der Waals surface area contributed by atoms with Crippen molar-refractivity contribution in [1.82, 2.24) is 14.9 Å². The van der Waals surface area contributed by atoms with Gasteiger partial charge in [0.25, 0.3) is 0 Å². The van der Waals surface area contributed by atoms with Crippen LogP contribution < -0.4 is 5.32 Å². The van der Waals surface area contributed by atoms with Crippen LogP contribution >= 0.6 is 0 Å². The standard InChI is InChI=1S/C8H11N3/c1-5-3-10-8-7-2-6(4-9-7)11(5)8/h3,6-7,9H,2,4H2,1H3. The molecule has 0 radical (unpaired) electrons. The lowest BCUT2D eigenvalue weighted by molar-refractivity contribution is 0.521. The van der Waals surface area contributed by atoms with Crippen molar-refractivity contribution in [2.45, 2.75) is 25.4 Å². The molecule has 11 heavy (non-hydrogen) atoms. The first-order valence-electron chi connectivity index (χ1n) is 4.13. The maximum atomic E-state index is 4.38. The van der Waals surface area contributed by atoms with Crippen LogP contribution in [-0.4, -0.2) is 16.1 Å². The van der Waals surface area contributed by atoms with Gasteiger partial charge in [-0.2, -0.15) is 0 Å². The maximum Gasteiger partial charge on any atom is 0.126 e. The molecule has 3 heterocycles. The normalized spacial score (nSPS) is 32.8. The van der Waals surface area contributed by atoms with Crippen LogP contribution in [0.15, 0.2) is 6.20 Å². The third kappa shape index (κ3) is 0.554. The van der Waals surface area contributed by atoms with Gasteiger partial charge in [0.2, 0.25) is 0 Å². The number of fused-ring (bicyclic) bond motifs is 5. The van der Waals surface area contributed by atoms with Crippen LogP contribution in [0.25, 0.3) is 0 Å². The van der Waals surface area contributed by atoms with Crippen molar-refractivity contribution in [3.8, 4) is 0 Å². The van der Waals surface area contributed by atoms with Gasteiger partial charge in [0.1, 0.15) is 5.82 Å². The number of hydrogen-bond donors (Lipinski definition) is 1. The summed E-state index contributed by atoms with van der Waals surface area (Å²) in [5.74, 6) is 1.25. The number of rotatable bonds is 0. The molecule has 0 spiro atoms. The molecule has 2 bridgehead atoms. The van der Waals surface area contributed by atoms with Gasteiger partial charge in [-0.1, -0.05) is 0 Å². The number of nitrogens with zero attached hydrogens (tertiary/aromatic N) is 2. The highest BCUT2D eigenvalue weighted by Gasteiger charge is 2.38. The number of nitrogens with one attached hydrogen (secondary N) is 1. The summed E-state index contributed by atoms with van der Waals surface area (Å²) in [5, 5.41) is 3.44. The molecular weight excluding hydrogens is 138 g/mol. The van der Waals surface area contributed by atoms with Crippen LogP contribution in [0.1, 0.15) is 30.0 Å². The molecule has 3 rings (SSSR count). The summed E-state index contributed by atoms with van der Waals surface area (Å²) in [6.45, 7) is 3.27. The van der Waals surface area contributed by atoms with Crippen LogP contribution in [0.4, 0.5) is 0 Å². The summed E-state index contributed by atoms with van der Waals surface area (Å²) < 4.78 is 2.38. The van der Waals surface area contributed by atoms with Crippen LogP contribution in [-0.2, 0) is 0 Å². The van der Waals surface area contributed by atoms with E-state index < -0.39 is 0 Å². The number of aryl methyl sites for hydroxylation is 1. The van der Waals surface area contributed by atoms with Crippen molar-refractivity contribution in [2.24, 2.45) is 0 Å². The van der Waals surface area contributed by atoms with Crippen LogP contribution in [0.3, 0.4) is 0 Å². The Labute approximate surface area is 65.4 Å². The highest BCUT2D eigenvalue weighted by atomic mass is 15.2. The molecule has 1 fully saturated rings. The first-order chi connectivity index (χ1) is 5.36. The van der Waals surface area contributed by atoms with Gasteiger partial charge >= 0.3 is 0 Å². The first-order valence-corrected chi connectivity index (χ1v) is 4.13. The highest BCUT2D eigenvalue weighted by molar-refractivity contribution is 5.18. The van der Waals surface area contributed by atoms with Gasteiger partial charge in [-0.3, -0.25) is 0 Å². The maximum absolute atomic E-state index is 4.38. The molecule has 1 N–H and O–H groups in total. The third-order valence-corrected chi connectivity index (χ3v) is 2.79. The summed E-state index contributed by atoms with van der Waals surface area (Å²) in [6, 6.07) is 1.24. The van der Waals surface area contributed by atoms with Crippen molar-refractivity contribution in [3.63, 3.8) is 0 Å². The van der Waals surface area contributed by atoms with Crippen LogP contribution in [0, 0.1) is 6.92 Å². The topological polar surface area (TPSA) is 29.9 Å². The van der Waals surface area contributed by atoms with E-state index in [1.807, 2.05) is 6.20 Å². The Bertz CT molecular complexity index is 302. The minimum Gasteiger partial charge on any atom is -0.327 e. The smallest absolute Gasteiger partial charge is 0.126 e. The fourth-order valence-electron chi connectivity index (χ4n) is 2.31. The molecule has 0 aliphatic carbocycles. The van der Waals surface area contributed by atoms with Crippen molar-refractivity contribution in [3.05, 3.63) is 17.7 Å². The van der Waals surface area contributed by atoms with E-state index in [9.17, 15) is 0 Å². The molecule has 0 amide bonds. The second-order valence-corrected chi connectivity index (χ2v) is 3.48. The van der Waals surface area contributed by atoms with E-state index in [0.717, 1.165) is 6.54 Å². The molecule has 3 nitrogen and oxygen atoms in total. The zero-order valence-corrected chi connectivity index (χ0v) is 6.54. The second kappa shape index (κ2) is 1.67. The Kier molecular flexibility index (Phi) is 0.874. The Morgan fingerprint density at radius 1 is 1.73 bits per heavy atom. The van der Waals surface area contributed by atoms with Crippen molar-refractivity contribution >= 4 is 0 Å². The highest BCUT2D eigenvalue weighted by Crippen LogP contribution is 2.39. The Morgan fingerprint density at radius 2 is 2.64 bits per heavy atom. The summed E-state index contributed by atoms with van der Waals surface area (Å²) >= 11 is 0. The van der Waals surface area contributed by atoms with Crippen LogP contribution in [0.2, 0.25) is 0 Å². The van der Waals surface area contributed by atoms with E-state index >= 15 is 0 Å². The Balaban J connectivity index is 2.25. The quantitative estimate of drug-likeness (QED) is 0.590. The molecule has 3 heteroatoms. The second-order valence-electron chi connectivity index (χ2n) is 3.48.